The van der Waals surface area contributed by atoms with E-state index in [1.807, 2.05) is 24.3 Å². The van der Waals surface area contributed by atoms with Crippen molar-refractivity contribution in [2.24, 2.45) is 0 Å². The lowest BCUT2D eigenvalue weighted by atomic mass is 10.1. The van der Waals surface area contributed by atoms with Crippen LogP contribution in [0.5, 0.6) is 17.2 Å². The van der Waals surface area contributed by atoms with Crippen molar-refractivity contribution < 1.29 is 14.6 Å². The maximum absolute atomic E-state index is 9.67. The summed E-state index contributed by atoms with van der Waals surface area (Å²) in [7, 11) is 1.61. The van der Waals surface area contributed by atoms with Crippen LogP contribution in [0, 0.1) is 6.92 Å². The number of methoxy groups -OCH3 is 1. The molecule has 0 radical (unpaired) electrons. The van der Waals surface area contributed by atoms with Crippen molar-refractivity contribution in [3.8, 4) is 17.2 Å². The molecule has 0 aliphatic carbocycles. The Kier molecular flexibility index (Phi) is 7.17. The Morgan fingerprint density at radius 2 is 1.76 bits per heavy atom. The van der Waals surface area contributed by atoms with Gasteiger partial charge in [0.1, 0.15) is 6.61 Å². The Labute approximate surface area is 188 Å². The van der Waals surface area contributed by atoms with E-state index < -0.39 is 0 Å². The van der Waals surface area contributed by atoms with Crippen molar-refractivity contribution in [3.05, 3.63) is 79.7 Å². The molecule has 2 N–H and O–H groups in total. The molecule has 7 heteroatoms. The van der Waals surface area contributed by atoms with Crippen LogP contribution in [-0.4, -0.2) is 12.2 Å². The molecule has 0 atom stereocenters. The summed E-state index contributed by atoms with van der Waals surface area (Å²) in [5.74, 6) is 1.15. The number of hydrogen-bond donors (Lipinski definition) is 2. The number of phenols is 1. The number of ether oxygens (including phenoxy) is 2. The molecule has 0 fully saturated rings. The maximum Gasteiger partial charge on any atom is 0.175 e. The summed E-state index contributed by atoms with van der Waals surface area (Å²) >= 11 is 15.5. The number of aromatic hydroxyl groups is 1. The van der Waals surface area contributed by atoms with Crippen LogP contribution in [0.15, 0.2) is 53.0 Å². The van der Waals surface area contributed by atoms with E-state index in [-0.39, 0.29) is 15.8 Å². The Hall–Kier alpha value is -2.08. The lowest BCUT2D eigenvalue weighted by molar-refractivity contribution is 0.282. The molecule has 0 unspecified atom stereocenters. The normalized spacial score (nSPS) is 10.7. The van der Waals surface area contributed by atoms with Crippen LogP contribution < -0.4 is 14.8 Å². The van der Waals surface area contributed by atoms with Gasteiger partial charge in [0.25, 0.3) is 0 Å². The van der Waals surface area contributed by atoms with E-state index in [1.54, 1.807) is 19.2 Å². The number of halogens is 3. The number of rotatable bonds is 7. The third kappa shape index (κ3) is 5.50. The number of aryl methyl sites for hydroxylation is 1. The molecule has 0 heterocycles. The molecule has 0 amide bonds. The van der Waals surface area contributed by atoms with E-state index >= 15 is 0 Å². The summed E-state index contributed by atoms with van der Waals surface area (Å²) in [4.78, 5) is 0. The first-order valence-electron chi connectivity index (χ1n) is 8.84. The average Bonchev–Trinajstić information content (AvgIpc) is 2.69. The molecule has 3 aromatic carbocycles. The van der Waals surface area contributed by atoms with Gasteiger partial charge in [-0.1, -0.05) is 53.0 Å². The molecule has 4 nitrogen and oxygen atoms in total. The van der Waals surface area contributed by atoms with Crippen molar-refractivity contribution in [1.82, 2.24) is 0 Å². The summed E-state index contributed by atoms with van der Waals surface area (Å²) < 4.78 is 12.3. The van der Waals surface area contributed by atoms with E-state index in [1.165, 1.54) is 5.56 Å². The number of phenolic OH excluding ortho intramolecular Hbond substituents is 1. The maximum atomic E-state index is 9.67. The smallest absolute Gasteiger partial charge is 0.175 e. The van der Waals surface area contributed by atoms with Gasteiger partial charge in [-0.15, -0.1) is 0 Å². The van der Waals surface area contributed by atoms with Crippen molar-refractivity contribution >= 4 is 44.8 Å². The molecule has 0 spiro atoms. The number of hydrogen-bond acceptors (Lipinski definition) is 4. The first-order valence-corrected chi connectivity index (χ1v) is 10.4. The van der Waals surface area contributed by atoms with Crippen LogP contribution >= 0.6 is 39.1 Å². The lowest BCUT2D eigenvalue weighted by Crippen LogP contribution is -2.03. The Morgan fingerprint density at radius 1 is 1.03 bits per heavy atom. The summed E-state index contributed by atoms with van der Waals surface area (Å²) in [5, 5.41) is 13.3. The monoisotopic (exact) mass is 495 g/mol. The zero-order valence-corrected chi connectivity index (χ0v) is 19.0. The van der Waals surface area contributed by atoms with Crippen molar-refractivity contribution in [2.45, 2.75) is 20.1 Å². The highest BCUT2D eigenvalue weighted by atomic mass is 79.9. The Balaban J connectivity index is 1.74. The van der Waals surface area contributed by atoms with Crippen LogP contribution in [0.25, 0.3) is 0 Å². The first-order chi connectivity index (χ1) is 13.9. The fraction of sp³-hybridized carbons (Fsp3) is 0.182. The van der Waals surface area contributed by atoms with Gasteiger partial charge in [0.05, 0.1) is 21.6 Å². The minimum Gasteiger partial charge on any atom is -0.505 e. The van der Waals surface area contributed by atoms with Crippen molar-refractivity contribution in [1.29, 1.82) is 0 Å². The first kappa shape index (κ1) is 21.6. The van der Waals surface area contributed by atoms with Crippen LogP contribution in [0.3, 0.4) is 0 Å². The molecule has 152 valence electrons. The molecular weight excluding hydrogens is 477 g/mol. The molecule has 0 aliphatic rings. The standard InChI is InChI=1S/C22H20BrCl2NO3/c1-13-4-3-5-14(6-13)12-29-22-17(23)7-15(8-20(22)28-2)11-26-16-9-18(24)21(27)19(25)10-16/h3-10,26-27H,11-12H2,1-2H3. The number of benzene rings is 3. The van der Waals surface area contributed by atoms with E-state index in [0.29, 0.717) is 30.3 Å². The molecule has 0 saturated carbocycles. The zero-order chi connectivity index (χ0) is 21.0. The van der Waals surface area contributed by atoms with E-state index in [0.717, 1.165) is 15.6 Å². The van der Waals surface area contributed by atoms with Crippen LogP contribution in [0.1, 0.15) is 16.7 Å². The Bertz CT molecular complexity index is 1000. The van der Waals surface area contributed by atoms with Gasteiger partial charge in [0.2, 0.25) is 0 Å². The molecule has 0 aliphatic heterocycles. The topological polar surface area (TPSA) is 50.7 Å². The molecule has 0 saturated heterocycles. The second kappa shape index (κ2) is 9.61. The summed E-state index contributed by atoms with van der Waals surface area (Å²) in [5.41, 5.74) is 3.95. The molecule has 29 heavy (non-hydrogen) atoms. The van der Waals surface area contributed by atoms with Gasteiger partial charge in [-0.2, -0.15) is 0 Å². The molecule has 3 aromatic rings. The summed E-state index contributed by atoms with van der Waals surface area (Å²) in [6.45, 7) is 3.00. The highest BCUT2D eigenvalue weighted by Crippen LogP contribution is 2.38. The van der Waals surface area contributed by atoms with Crippen LogP contribution in [0.4, 0.5) is 5.69 Å². The average molecular weight is 497 g/mol. The van der Waals surface area contributed by atoms with Crippen LogP contribution in [-0.2, 0) is 13.2 Å². The quantitative estimate of drug-likeness (QED) is 0.347. The van der Waals surface area contributed by atoms with E-state index in [4.69, 9.17) is 32.7 Å². The van der Waals surface area contributed by atoms with Gasteiger partial charge < -0.3 is 19.9 Å². The highest BCUT2D eigenvalue weighted by Gasteiger charge is 2.13. The third-order valence-electron chi connectivity index (χ3n) is 4.27. The highest BCUT2D eigenvalue weighted by molar-refractivity contribution is 9.10. The molecule has 0 aromatic heterocycles. The molecule has 0 bridgehead atoms. The van der Waals surface area contributed by atoms with E-state index in [9.17, 15) is 5.11 Å². The van der Waals surface area contributed by atoms with Crippen LogP contribution in [0.2, 0.25) is 10.0 Å². The fourth-order valence-corrected chi connectivity index (χ4v) is 3.94. The largest absolute Gasteiger partial charge is 0.505 e. The van der Waals surface area contributed by atoms with Gasteiger partial charge in [-0.3, -0.25) is 0 Å². The second-order valence-corrected chi connectivity index (χ2v) is 8.20. The minimum atomic E-state index is -0.126. The number of nitrogens with one attached hydrogen (secondary N) is 1. The lowest BCUT2D eigenvalue weighted by Gasteiger charge is -2.15. The SMILES string of the molecule is COc1cc(CNc2cc(Cl)c(O)c(Cl)c2)cc(Br)c1OCc1cccc(C)c1. The Morgan fingerprint density at radius 3 is 2.41 bits per heavy atom. The van der Waals surface area contributed by atoms with Gasteiger partial charge in [-0.05, 0) is 58.2 Å². The molecule has 3 rings (SSSR count). The zero-order valence-electron chi connectivity index (χ0n) is 15.9. The van der Waals surface area contributed by atoms with Gasteiger partial charge >= 0.3 is 0 Å². The predicted molar refractivity (Wildman–Crippen MR) is 122 cm³/mol. The fourth-order valence-electron chi connectivity index (χ4n) is 2.84. The van der Waals surface area contributed by atoms with Gasteiger partial charge in [0.15, 0.2) is 17.2 Å². The van der Waals surface area contributed by atoms with Gasteiger partial charge in [-0.25, -0.2) is 0 Å². The summed E-state index contributed by atoms with van der Waals surface area (Å²) in [6, 6.07) is 15.3. The third-order valence-corrected chi connectivity index (χ3v) is 5.43. The van der Waals surface area contributed by atoms with Gasteiger partial charge in [0, 0.05) is 12.2 Å². The minimum absolute atomic E-state index is 0.126. The second-order valence-electron chi connectivity index (χ2n) is 6.53. The van der Waals surface area contributed by atoms with Crippen molar-refractivity contribution in [2.75, 3.05) is 12.4 Å². The number of anilines is 1. The van der Waals surface area contributed by atoms with E-state index in [2.05, 4.69) is 40.3 Å². The summed E-state index contributed by atoms with van der Waals surface area (Å²) in [6.07, 6.45) is 0. The van der Waals surface area contributed by atoms with Crippen molar-refractivity contribution in [3.63, 3.8) is 0 Å². The predicted octanol–water partition coefficient (Wildman–Crippen LogP) is 6.97. The molecular formula is C22H20BrCl2NO3.